The molecule has 176 valence electrons. The maximum absolute atomic E-state index is 13.0. The lowest BCUT2D eigenvalue weighted by molar-refractivity contribution is -0.136. The Labute approximate surface area is 201 Å². The zero-order valence-electron chi connectivity index (χ0n) is 19.1. The van der Waals surface area contributed by atoms with Crippen LogP contribution in [0.3, 0.4) is 0 Å². The average Bonchev–Trinajstić information content (AvgIpc) is 2.88. The third-order valence-electron chi connectivity index (χ3n) is 7.03. The standard InChI is InChI=1S/C28H24N2O5/c31-26-8-4-7-24-20-11-18(14-30(24)26)13-29(15-20)27(32)17-34-21-9-10-22-25(12-21)35-16-23(28(22)33)19-5-2-1-3-6-19/h1-10,12,16,18,20H,11,13-15,17H2. The zero-order chi connectivity index (χ0) is 23.9. The molecule has 0 aliphatic carbocycles. The van der Waals surface area contributed by atoms with Crippen molar-refractivity contribution in [1.29, 1.82) is 0 Å². The molecule has 6 rings (SSSR count). The van der Waals surface area contributed by atoms with E-state index < -0.39 is 0 Å². The van der Waals surface area contributed by atoms with Crippen LogP contribution >= 0.6 is 0 Å². The van der Waals surface area contributed by atoms with Gasteiger partial charge in [-0.25, -0.2) is 0 Å². The molecule has 0 saturated carbocycles. The van der Waals surface area contributed by atoms with Crippen molar-refractivity contribution in [1.82, 2.24) is 9.47 Å². The Hall–Kier alpha value is -4.13. The molecule has 4 aromatic rings. The summed E-state index contributed by atoms with van der Waals surface area (Å²) < 4.78 is 13.4. The third-order valence-corrected chi connectivity index (χ3v) is 7.03. The van der Waals surface area contributed by atoms with Crippen LogP contribution in [0.15, 0.2) is 87.0 Å². The highest BCUT2D eigenvalue weighted by atomic mass is 16.5. The topological polar surface area (TPSA) is 81.8 Å². The van der Waals surface area contributed by atoms with E-state index in [1.165, 1.54) is 6.26 Å². The van der Waals surface area contributed by atoms with Gasteiger partial charge in [-0.15, -0.1) is 0 Å². The first-order valence-corrected chi connectivity index (χ1v) is 11.8. The van der Waals surface area contributed by atoms with Gasteiger partial charge in [-0.3, -0.25) is 14.4 Å². The molecular weight excluding hydrogens is 444 g/mol. The number of nitrogens with zero attached hydrogens (tertiary/aromatic N) is 2. The number of hydrogen-bond acceptors (Lipinski definition) is 5. The smallest absolute Gasteiger partial charge is 0.260 e. The number of carbonyl (C=O) groups excluding carboxylic acids is 1. The van der Waals surface area contributed by atoms with Crippen molar-refractivity contribution in [2.24, 2.45) is 5.92 Å². The van der Waals surface area contributed by atoms with Gasteiger partial charge in [-0.2, -0.15) is 0 Å². The highest BCUT2D eigenvalue weighted by Gasteiger charge is 2.36. The Balaban J connectivity index is 1.16. The number of pyridine rings is 1. The summed E-state index contributed by atoms with van der Waals surface area (Å²) in [7, 11) is 0. The van der Waals surface area contributed by atoms with Crippen LogP contribution in [-0.2, 0) is 11.3 Å². The minimum Gasteiger partial charge on any atom is -0.484 e. The SMILES string of the molecule is O=C(COc1ccc2c(=O)c(-c3ccccc3)coc2c1)N1CC2CC(C1)c1cccc(=O)n1C2. The molecule has 2 bridgehead atoms. The predicted molar refractivity (Wildman–Crippen MR) is 132 cm³/mol. The van der Waals surface area contributed by atoms with Crippen LogP contribution in [0.1, 0.15) is 18.0 Å². The number of fused-ring (bicyclic) bond motifs is 5. The van der Waals surface area contributed by atoms with Gasteiger partial charge in [0.05, 0.1) is 10.9 Å². The van der Waals surface area contributed by atoms with Crippen molar-refractivity contribution >= 4 is 16.9 Å². The molecule has 2 aromatic carbocycles. The third kappa shape index (κ3) is 3.93. The molecule has 0 spiro atoms. The van der Waals surface area contributed by atoms with Crippen molar-refractivity contribution in [2.75, 3.05) is 19.7 Å². The maximum atomic E-state index is 13.0. The number of amides is 1. The van der Waals surface area contributed by atoms with Crippen molar-refractivity contribution in [3.8, 4) is 16.9 Å². The van der Waals surface area contributed by atoms with E-state index in [1.807, 2.05) is 45.9 Å². The molecule has 2 aromatic heterocycles. The molecule has 2 unspecified atom stereocenters. The fourth-order valence-corrected chi connectivity index (χ4v) is 5.35. The number of carbonyl (C=O) groups is 1. The molecule has 7 nitrogen and oxygen atoms in total. The van der Waals surface area contributed by atoms with Crippen LogP contribution in [0.25, 0.3) is 22.1 Å². The van der Waals surface area contributed by atoms with Crippen LogP contribution in [0.4, 0.5) is 0 Å². The minimum atomic E-state index is -0.112. The first kappa shape index (κ1) is 21.4. The van der Waals surface area contributed by atoms with Crippen LogP contribution in [-0.4, -0.2) is 35.1 Å². The van der Waals surface area contributed by atoms with Gasteiger partial charge in [-0.1, -0.05) is 36.4 Å². The molecule has 0 N–H and O–H groups in total. The monoisotopic (exact) mass is 468 g/mol. The summed E-state index contributed by atoms with van der Waals surface area (Å²) in [6.45, 7) is 1.75. The molecule has 1 fully saturated rings. The van der Waals surface area contributed by atoms with E-state index in [0.29, 0.717) is 41.9 Å². The van der Waals surface area contributed by atoms with Gasteiger partial charge in [0.2, 0.25) is 0 Å². The second-order valence-electron chi connectivity index (χ2n) is 9.29. The lowest BCUT2D eigenvalue weighted by atomic mass is 9.83. The molecule has 2 aliphatic heterocycles. The quantitative estimate of drug-likeness (QED) is 0.457. The number of hydrogen-bond donors (Lipinski definition) is 0. The molecular formula is C28H24N2O5. The van der Waals surface area contributed by atoms with E-state index in [0.717, 1.165) is 17.7 Å². The summed E-state index contributed by atoms with van der Waals surface area (Å²) in [6.07, 6.45) is 2.45. The van der Waals surface area contributed by atoms with Gasteiger partial charge in [0.25, 0.3) is 11.5 Å². The Bertz CT molecular complexity index is 1540. The number of benzene rings is 2. The number of piperidine rings is 1. The van der Waals surface area contributed by atoms with E-state index in [4.69, 9.17) is 9.15 Å². The Kier molecular flexibility index (Phi) is 5.25. The second-order valence-corrected chi connectivity index (χ2v) is 9.29. The summed E-state index contributed by atoms with van der Waals surface area (Å²) in [5, 5.41) is 0.461. The largest absolute Gasteiger partial charge is 0.484 e. The Morgan fingerprint density at radius 2 is 1.83 bits per heavy atom. The Morgan fingerprint density at radius 3 is 2.69 bits per heavy atom. The van der Waals surface area contributed by atoms with Crippen molar-refractivity contribution in [3.63, 3.8) is 0 Å². The number of rotatable bonds is 4. The highest BCUT2D eigenvalue weighted by Crippen LogP contribution is 2.35. The molecule has 2 aliphatic rings. The molecule has 35 heavy (non-hydrogen) atoms. The van der Waals surface area contributed by atoms with Gasteiger partial charge < -0.3 is 18.6 Å². The van der Waals surface area contributed by atoms with Crippen molar-refractivity contribution < 1.29 is 13.9 Å². The fourth-order valence-electron chi connectivity index (χ4n) is 5.35. The molecule has 4 heterocycles. The van der Waals surface area contributed by atoms with Gasteiger partial charge in [0, 0.05) is 43.4 Å². The number of aromatic nitrogens is 1. The van der Waals surface area contributed by atoms with Crippen molar-refractivity contribution in [3.05, 3.63) is 99.3 Å². The number of likely N-dealkylation sites (tertiary alicyclic amines) is 1. The van der Waals surface area contributed by atoms with Crippen molar-refractivity contribution in [2.45, 2.75) is 18.9 Å². The predicted octanol–water partition coefficient (Wildman–Crippen LogP) is 3.65. The summed E-state index contributed by atoms with van der Waals surface area (Å²) in [5.74, 6) is 0.802. The van der Waals surface area contributed by atoms with Crippen LogP contribution in [0, 0.1) is 5.92 Å². The zero-order valence-corrected chi connectivity index (χ0v) is 19.1. The first-order chi connectivity index (χ1) is 17.1. The average molecular weight is 469 g/mol. The van der Waals surface area contributed by atoms with Gasteiger partial charge in [0.1, 0.15) is 17.6 Å². The molecule has 2 atom stereocenters. The summed E-state index contributed by atoms with van der Waals surface area (Å²) >= 11 is 0. The van der Waals surface area contributed by atoms with Crippen LogP contribution < -0.4 is 15.7 Å². The van der Waals surface area contributed by atoms with Gasteiger partial charge >= 0.3 is 0 Å². The molecule has 0 radical (unpaired) electrons. The second kappa shape index (κ2) is 8.58. The van der Waals surface area contributed by atoms with Gasteiger partial charge in [0.15, 0.2) is 12.0 Å². The normalized spacial score (nSPS) is 18.8. The van der Waals surface area contributed by atoms with Crippen LogP contribution in [0.5, 0.6) is 5.75 Å². The first-order valence-electron chi connectivity index (χ1n) is 11.8. The van der Waals surface area contributed by atoms with E-state index >= 15 is 0 Å². The number of ether oxygens (including phenoxy) is 1. The fraction of sp³-hybridized carbons (Fsp3) is 0.250. The minimum absolute atomic E-state index is 0.0270. The maximum Gasteiger partial charge on any atom is 0.260 e. The summed E-state index contributed by atoms with van der Waals surface area (Å²) in [5.41, 5.74) is 2.63. The molecule has 1 amide bonds. The van der Waals surface area contributed by atoms with E-state index in [9.17, 15) is 14.4 Å². The molecule has 1 saturated heterocycles. The lowest BCUT2D eigenvalue weighted by Gasteiger charge is -2.42. The Morgan fingerprint density at radius 1 is 0.971 bits per heavy atom. The van der Waals surface area contributed by atoms with Gasteiger partial charge in [-0.05, 0) is 36.1 Å². The summed E-state index contributed by atoms with van der Waals surface area (Å²) in [4.78, 5) is 39.9. The van der Waals surface area contributed by atoms with E-state index in [1.54, 1.807) is 30.3 Å². The lowest BCUT2D eigenvalue weighted by Crippen LogP contribution is -2.50. The van der Waals surface area contributed by atoms with Crippen LogP contribution in [0.2, 0.25) is 0 Å². The van der Waals surface area contributed by atoms with E-state index in [2.05, 4.69) is 0 Å². The summed E-state index contributed by atoms with van der Waals surface area (Å²) in [6, 6.07) is 19.8. The van der Waals surface area contributed by atoms with E-state index in [-0.39, 0.29) is 35.3 Å². The molecule has 7 heteroatoms. The highest BCUT2D eigenvalue weighted by molar-refractivity contribution is 5.83.